The molecule has 12 heteroatoms. The number of pyridine rings is 1. The molecule has 4 aromatic rings. The Bertz CT molecular complexity index is 1480. The topological polar surface area (TPSA) is 108 Å². The number of fused-ring (bicyclic) bond motifs is 6. The van der Waals surface area contributed by atoms with E-state index in [9.17, 15) is 4.39 Å². The average Bonchev–Trinajstić information content (AvgIpc) is 3.51. The minimum Gasteiger partial charge on any atom is -0.490 e. The van der Waals surface area contributed by atoms with Gasteiger partial charge in [-0.3, -0.25) is 4.68 Å². The van der Waals surface area contributed by atoms with E-state index in [2.05, 4.69) is 36.2 Å². The maximum atomic E-state index is 12.8. The molecular formula is C28H34FN9O2. The molecule has 0 aromatic carbocycles. The van der Waals surface area contributed by atoms with Crippen molar-refractivity contribution in [2.45, 2.75) is 45.3 Å². The van der Waals surface area contributed by atoms with Gasteiger partial charge in [0.25, 0.3) is 0 Å². The predicted molar refractivity (Wildman–Crippen MR) is 149 cm³/mol. The van der Waals surface area contributed by atoms with Crippen molar-refractivity contribution in [3.8, 4) is 34.1 Å². The molecule has 210 valence electrons. The van der Waals surface area contributed by atoms with Gasteiger partial charge in [-0.2, -0.15) is 10.2 Å². The molecule has 0 radical (unpaired) electrons. The molecule has 6 heterocycles. The number of alkyl halides is 1. The maximum Gasteiger partial charge on any atom is 0.222 e. The molecule has 0 saturated carbocycles. The number of rotatable bonds is 4. The molecule has 11 nitrogen and oxygen atoms in total. The van der Waals surface area contributed by atoms with E-state index < -0.39 is 0 Å². The summed E-state index contributed by atoms with van der Waals surface area (Å²) in [6, 6.07) is 3.98. The summed E-state index contributed by atoms with van der Waals surface area (Å²) in [6.45, 7) is 6.45. The Balaban J connectivity index is 1.31. The van der Waals surface area contributed by atoms with Crippen LogP contribution in [0.4, 0.5) is 16.0 Å². The van der Waals surface area contributed by atoms with Crippen LogP contribution in [0.25, 0.3) is 22.5 Å². The fourth-order valence-corrected chi connectivity index (χ4v) is 5.30. The summed E-state index contributed by atoms with van der Waals surface area (Å²) in [6.07, 6.45) is 9.75. The number of hydrogen-bond donors (Lipinski definition) is 1. The lowest BCUT2D eigenvalue weighted by atomic mass is 10.0. The van der Waals surface area contributed by atoms with Crippen LogP contribution >= 0.6 is 0 Å². The van der Waals surface area contributed by atoms with Crippen LogP contribution in [0.2, 0.25) is 0 Å². The smallest absolute Gasteiger partial charge is 0.222 e. The van der Waals surface area contributed by atoms with Gasteiger partial charge < -0.3 is 19.7 Å². The van der Waals surface area contributed by atoms with Crippen molar-refractivity contribution in [1.29, 1.82) is 0 Å². The van der Waals surface area contributed by atoms with Crippen LogP contribution in [0.1, 0.15) is 37.9 Å². The SMILES string of the molecule is Cc1nn(C2CCN(CCF)CC2)cc1-c1cnc2cc1O[C@@H](C)CCOc1c(cnn1C)-c1nccc(n1)N2. The maximum absolute atomic E-state index is 12.8. The number of likely N-dealkylation sites (tertiary alicyclic amines) is 1. The highest BCUT2D eigenvalue weighted by Crippen LogP contribution is 2.36. The van der Waals surface area contributed by atoms with E-state index in [4.69, 9.17) is 19.6 Å². The van der Waals surface area contributed by atoms with E-state index in [1.807, 2.05) is 33.2 Å². The highest BCUT2D eigenvalue weighted by molar-refractivity contribution is 5.73. The third kappa shape index (κ3) is 5.35. The van der Waals surface area contributed by atoms with Crippen LogP contribution in [0.15, 0.2) is 36.9 Å². The number of anilines is 2. The minimum atomic E-state index is -0.302. The molecule has 1 saturated heterocycles. The molecule has 6 rings (SSSR count). The Kier molecular flexibility index (Phi) is 7.33. The number of piperidine rings is 1. The van der Waals surface area contributed by atoms with Gasteiger partial charge >= 0.3 is 0 Å². The highest BCUT2D eigenvalue weighted by Gasteiger charge is 2.24. The summed E-state index contributed by atoms with van der Waals surface area (Å²) >= 11 is 0. The summed E-state index contributed by atoms with van der Waals surface area (Å²) in [4.78, 5) is 16.0. The van der Waals surface area contributed by atoms with Gasteiger partial charge in [-0.1, -0.05) is 0 Å². The fourth-order valence-electron chi connectivity index (χ4n) is 5.30. The highest BCUT2D eigenvalue weighted by atomic mass is 19.1. The fraction of sp³-hybridized carbons (Fsp3) is 0.464. The van der Waals surface area contributed by atoms with Gasteiger partial charge in [0.1, 0.15) is 29.6 Å². The lowest BCUT2D eigenvalue weighted by molar-refractivity contribution is 0.169. The first-order chi connectivity index (χ1) is 19.5. The van der Waals surface area contributed by atoms with Gasteiger partial charge in [0.15, 0.2) is 5.82 Å². The number of nitrogens with one attached hydrogen (secondary N) is 1. The van der Waals surface area contributed by atoms with E-state index in [1.54, 1.807) is 23.1 Å². The van der Waals surface area contributed by atoms with Gasteiger partial charge in [0, 0.05) is 68.9 Å². The summed E-state index contributed by atoms with van der Waals surface area (Å²) in [5.74, 6) is 3.04. The van der Waals surface area contributed by atoms with E-state index in [0.29, 0.717) is 48.7 Å². The van der Waals surface area contributed by atoms with Crippen LogP contribution in [0.3, 0.4) is 0 Å². The molecule has 1 fully saturated rings. The number of aromatic nitrogens is 7. The Labute approximate surface area is 232 Å². The normalized spacial score (nSPS) is 18.2. The Morgan fingerprint density at radius 1 is 1.07 bits per heavy atom. The number of halogens is 1. The predicted octanol–water partition coefficient (Wildman–Crippen LogP) is 4.34. The molecule has 4 aromatic heterocycles. The minimum absolute atomic E-state index is 0.127. The van der Waals surface area contributed by atoms with Crippen LogP contribution < -0.4 is 14.8 Å². The summed E-state index contributed by atoms with van der Waals surface area (Å²) < 4.78 is 29.1. The summed E-state index contributed by atoms with van der Waals surface area (Å²) in [5, 5.41) is 12.5. The van der Waals surface area contributed by atoms with Crippen LogP contribution in [0, 0.1) is 6.92 Å². The van der Waals surface area contributed by atoms with Gasteiger partial charge in [-0.05, 0) is 32.8 Å². The first kappa shape index (κ1) is 26.2. The van der Waals surface area contributed by atoms with Crippen LogP contribution in [-0.2, 0) is 7.05 Å². The number of nitrogens with zero attached hydrogens (tertiary/aromatic N) is 8. The standard InChI is InChI=1S/C28H34FN9O2/c1-18-7-13-39-28-22(16-32-36(28)3)27-30-9-4-25(34-27)33-26-14-24(40-18)21(15-31-26)23-17-38(35-19(23)2)20-5-10-37(11-6-20)12-8-29/h4,9,14-18,20H,5-8,10-13H2,1-3H3,(H,30,31,33,34)/t18-/m0/s1. The quantitative estimate of drug-likeness (QED) is 0.399. The zero-order valence-electron chi connectivity index (χ0n) is 23.0. The van der Waals surface area contributed by atoms with Crippen molar-refractivity contribution in [3.05, 3.63) is 42.6 Å². The van der Waals surface area contributed by atoms with Crippen LogP contribution in [0.5, 0.6) is 11.6 Å². The Morgan fingerprint density at radius 2 is 1.93 bits per heavy atom. The molecule has 4 bridgehead atoms. The number of aryl methyl sites for hydroxylation is 2. The van der Waals surface area contributed by atoms with Crippen molar-refractivity contribution in [2.75, 3.05) is 38.2 Å². The second-order valence-electron chi connectivity index (χ2n) is 10.4. The number of ether oxygens (including phenoxy) is 2. The Morgan fingerprint density at radius 3 is 2.75 bits per heavy atom. The zero-order chi connectivity index (χ0) is 27.6. The van der Waals surface area contributed by atoms with Gasteiger partial charge in [0.05, 0.1) is 30.6 Å². The molecule has 0 spiro atoms. The zero-order valence-corrected chi connectivity index (χ0v) is 23.0. The lowest BCUT2D eigenvalue weighted by Gasteiger charge is -2.31. The van der Waals surface area contributed by atoms with Crippen molar-refractivity contribution in [3.63, 3.8) is 0 Å². The molecule has 1 atom stereocenters. The van der Waals surface area contributed by atoms with E-state index in [1.165, 1.54) is 0 Å². The largest absolute Gasteiger partial charge is 0.490 e. The molecule has 0 unspecified atom stereocenters. The van der Waals surface area contributed by atoms with E-state index in [-0.39, 0.29) is 18.8 Å². The number of hydrogen-bond acceptors (Lipinski definition) is 9. The lowest BCUT2D eigenvalue weighted by Crippen LogP contribution is -2.36. The molecule has 2 aliphatic rings. The summed E-state index contributed by atoms with van der Waals surface area (Å²) in [7, 11) is 1.83. The van der Waals surface area contributed by atoms with Crippen molar-refractivity contribution in [1.82, 2.24) is 39.4 Å². The first-order valence-corrected chi connectivity index (χ1v) is 13.7. The molecular weight excluding hydrogens is 513 g/mol. The third-order valence-electron chi connectivity index (χ3n) is 7.53. The summed E-state index contributed by atoms with van der Waals surface area (Å²) in [5.41, 5.74) is 3.49. The average molecular weight is 548 g/mol. The van der Waals surface area contributed by atoms with E-state index in [0.717, 1.165) is 48.3 Å². The monoisotopic (exact) mass is 547 g/mol. The van der Waals surface area contributed by atoms with E-state index >= 15 is 0 Å². The molecule has 1 N–H and O–H groups in total. The Hall–Kier alpha value is -4.06. The second kappa shape index (κ2) is 11.2. The molecule has 2 aliphatic heterocycles. The van der Waals surface area contributed by atoms with Gasteiger partial charge in [-0.15, -0.1) is 0 Å². The van der Waals surface area contributed by atoms with Gasteiger partial charge in [-0.25, -0.2) is 24.0 Å². The third-order valence-corrected chi connectivity index (χ3v) is 7.53. The molecule has 0 aliphatic carbocycles. The van der Waals surface area contributed by atoms with Gasteiger partial charge in [0.2, 0.25) is 5.88 Å². The molecule has 0 amide bonds. The van der Waals surface area contributed by atoms with Crippen molar-refractivity contribution >= 4 is 11.6 Å². The second-order valence-corrected chi connectivity index (χ2v) is 10.4. The van der Waals surface area contributed by atoms with Crippen LogP contribution in [-0.4, -0.2) is 78.4 Å². The van der Waals surface area contributed by atoms with Crippen molar-refractivity contribution in [2.24, 2.45) is 7.05 Å². The molecule has 40 heavy (non-hydrogen) atoms. The van der Waals surface area contributed by atoms with Crippen molar-refractivity contribution < 1.29 is 13.9 Å². The first-order valence-electron chi connectivity index (χ1n) is 13.7.